The van der Waals surface area contributed by atoms with E-state index in [4.69, 9.17) is 9.72 Å². The number of ether oxygens (including phenoxy) is 1. The minimum Gasteiger partial charge on any atom is -0.497 e. The molecule has 1 saturated heterocycles. The summed E-state index contributed by atoms with van der Waals surface area (Å²) in [6.45, 7) is 1.48. The predicted molar refractivity (Wildman–Crippen MR) is 140 cm³/mol. The number of rotatable bonds is 6. The number of amides is 1. The highest BCUT2D eigenvalue weighted by molar-refractivity contribution is 5.95. The number of methoxy groups -OCH3 is 1. The zero-order valence-corrected chi connectivity index (χ0v) is 20.6. The third kappa shape index (κ3) is 4.74. The van der Waals surface area contributed by atoms with Crippen LogP contribution in [-0.2, 0) is 6.42 Å². The van der Waals surface area contributed by atoms with Crippen molar-refractivity contribution in [2.75, 3.05) is 39.2 Å². The minimum absolute atomic E-state index is 0.112. The van der Waals surface area contributed by atoms with Gasteiger partial charge in [-0.25, -0.2) is 4.98 Å². The maximum absolute atomic E-state index is 13.2. The highest BCUT2D eigenvalue weighted by Gasteiger charge is 2.27. The minimum atomic E-state index is 0.112. The lowest BCUT2D eigenvalue weighted by Gasteiger charge is -2.34. The highest BCUT2D eigenvalue weighted by atomic mass is 16.5. The summed E-state index contributed by atoms with van der Waals surface area (Å²) < 4.78 is 7.72. The van der Waals surface area contributed by atoms with Gasteiger partial charge in [0.05, 0.1) is 18.1 Å². The molecular formula is C29H32N4O2. The second kappa shape index (κ2) is 9.82. The van der Waals surface area contributed by atoms with Crippen LogP contribution in [0.15, 0.2) is 72.8 Å². The Hall–Kier alpha value is -3.80. The molecule has 0 aliphatic carbocycles. The maximum Gasteiger partial charge on any atom is 0.253 e. The fraction of sp³-hybridized carbons (Fsp3) is 0.310. The summed E-state index contributed by atoms with van der Waals surface area (Å²) in [5, 5.41) is 0. The van der Waals surface area contributed by atoms with Gasteiger partial charge in [-0.05, 0) is 60.9 Å². The fourth-order valence-electron chi connectivity index (χ4n) is 4.98. The molecule has 0 spiro atoms. The molecule has 1 aromatic heterocycles. The van der Waals surface area contributed by atoms with Crippen LogP contribution in [0.5, 0.6) is 5.75 Å². The van der Waals surface area contributed by atoms with Crippen molar-refractivity contribution in [1.82, 2.24) is 14.5 Å². The number of anilines is 1. The average molecular weight is 469 g/mol. The first kappa shape index (κ1) is 23.0. The van der Waals surface area contributed by atoms with Crippen molar-refractivity contribution in [3.8, 4) is 5.75 Å². The fourth-order valence-corrected chi connectivity index (χ4v) is 4.98. The zero-order chi connectivity index (χ0) is 24.4. The topological polar surface area (TPSA) is 50.6 Å². The number of hydrogen-bond acceptors (Lipinski definition) is 4. The van der Waals surface area contributed by atoms with Crippen molar-refractivity contribution in [1.29, 1.82) is 0 Å². The molecule has 5 rings (SSSR count). The van der Waals surface area contributed by atoms with Gasteiger partial charge in [0.1, 0.15) is 11.6 Å². The van der Waals surface area contributed by atoms with E-state index < -0.39 is 0 Å². The first-order valence-electron chi connectivity index (χ1n) is 12.2. The van der Waals surface area contributed by atoms with Crippen molar-refractivity contribution in [3.63, 3.8) is 0 Å². The molecular weight excluding hydrogens is 436 g/mol. The van der Waals surface area contributed by atoms with Gasteiger partial charge in [0.2, 0.25) is 0 Å². The number of carbonyl (C=O) groups is 1. The molecule has 2 heterocycles. The van der Waals surface area contributed by atoms with Crippen LogP contribution in [0.4, 0.5) is 5.69 Å². The highest BCUT2D eigenvalue weighted by Crippen LogP contribution is 2.31. The smallest absolute Gasteiger partial charge is 0.253 e. The third-order valence-electron chi connectivity index (χ3n) is 6.92. The summed E-state index contributed by atoms with van der Waals surface area (Å²) in [6.07, 6.45) is 2.58. The number of likely N-dealkylation sites (tertiary alicyclic amines) is 1. The van der Waals surface area contributed by atoms with E-state index in [9.17, 15) is 4.79 Å². The van der Waals surface area contributed by atoms with Crippen LogP contribution in [0.3, 0.4) is 0 Å². The SMILES string of the molecule is COc1ccc(Cc2nc3ccccc3n2C2CCN(C(=O)c3cccc(N(C)C)c3)CC2)cc1. The van der Waals surface area contributed by atoms with Crippen LogP contribution in [0, 0.1) is 0 Å². The average Bonchev–Trinajstić information content (AvgIpc) is 3.26. The van der Waals surface area contributed by atoms with E-state index in [1.165, 1.54) is 11.1 Å². The van der Waals surface area contributed by atoms with Gasteiger partial charge in [-0.15, -0.1) is 0 Å². The molecule has 0 N–H and O–H groups in total. The Labute approximate surface area is 206 Å². The molecule has 3 aromatic carbocycles. The molecule has 0 radical (unpaired) electrons. The van der Waals surface area contributed by atoms with Gasteiger partial charge in [0.25, 0.3) is 5.91 Å². The first-order valence-corrected chi connectivity index (χ1v) is 12.2. The third-order valence-corrected chi connectivity index (χ3v) is 6.92. The summed E-state index contributed by atoms with van der Waals surface area (Å²) in [6, 6.07) is 24.7. The first-order chi connectivity index (χ1) is 17.0. The van der Waals surface area contributed by atoms with Gasteiger partial charge in [-0.3, -0.25) is 4.79 Å². The number of benzene rings is 3. The van der Waals surface area contributed by atoms with Gasteiger partial charge in [-0.1, -0.05) is 30.3 Å². The Kier molecular flexibility index (Phi) is 6.45. The summed E-state index contributed by atoms with van der Waals surface area (Å²) in [5.41, 5.74) is 5.19. The lowest BCUT2D eigenvalue weighted by Crippen LogP contribution is -2.39. The van der Waals surface area contributed by atoms with E-state index in [0.717, 1.165) is 60.7 Å². The molecule has 0 saturated carbocycles. The maximum atomic E-state index is 13.2. The van der Waals surface area contributed by atoms with Gasteiger partial charge >= 0.3 is 0 Å². The summed E-state index contributed by atoms with van der Waals surface area (Å²) in [7, 11) is 5.67. The normalized spacial score (nSPS) is 14.3. The Bertz CT molecular complexity index is 1320. The van der Waals surface area contributed by atoms with Crippen LogP contribution in [0.1, 0.15) is 40.6 Å². The number of aromatic nitrogens is 2. The molecule has 0 atom stereocenters. The standard InChI is InChI=1S/C29H32N4O2/c1-31(2)24-8-6-7-22(20-24)29(34)32-17-15-23(16-18-32)33-27-10-5-4-9-26(27)30-28(33)19-21-11-13-25(35-3)14-12-21/h4-14,20,23H,15-19H2,1-3H3. The number of nitrogens with zero attached hydrogens (tertiary/aromatic N) is 4. The van der Waals surface area contributed by atoms with Crippen LogP contribution in [0.2, 0.25) is 0 Å². The Morgan fingerprint density at radius 2 is 1.74 bits per heavy atom. The van der Waals surface area contributed by atoms with Crippen molar-refractivity contribution < 1.29 is 9.53 Å². The summed E-state index contributed by atoms with van der Waals surface area (Å²) in [4.78, 5) is 22.2. The summed E-state index contributed by atoms with van der Waals surface area (Å²) >= 11 is 0. The quantitative estimate of drug-likeness (QED) is 0.391. The van der Waals surface area contributed by atoms with E-state index in [1.54, 1.807) is 7.11 Å². The molecule has 0 bridgehead atoms. The van der Waals surface area contributed by atoms with E-state index in [2.05, 4.69) is 34.9 Å². The van der Waals surface area contributed by atoms with Crippen LogP contribution in [0.25, 0.3) is 11.0 Å². The number of para-hydroxylation sites is 2. The number of carbonyl (C=O) groups excluding carboxylic acids is 1. The van der Waals surface area contributed by atoms with E-state index in [-0.39, 0.29) is 5.91 Å². The molecule has 6 nitrogen and oxygen atoms in total. The largest absolute Gasteiger partial charge is 0.497 e. The monoisotopic (exact) mass is 468 g/mol. The van der Waals surface area contributed by atoms with Gasteiger partial charge in [-0.2, -0.15) is 0 Å². The van der Waals surface area contributed by atoms with Crippen LogP contribution < -0.4 is 9.64 Å². The van der Waals surface area contributed by atoms with Crippen LogP contribution in [-0.4, -0.2) is 54.7 Å². The molecule has 1 aliphatic rings. The predicted octanol–water partition coefficient (Wildman–Crippen LogP) is 5.18. The Morgan fingerprint density at radius 1 is 1.00 bits per heavy atom. The lowest BCUT2D eigenvalue weighted by atomic mass is 10.0. The number of fused-ring (bicyclic) bond motifs is 1. The molecule has 1 fully saturated rings. The second-order valence-corrected chi connectivity index (χ2v) is 9.38. The number of piperidine rings is 1. The van der Waals surface area contributed by atoms with Crippen molar-refractivity contribution in [2.45, 2.75) is 25.3 Å². The molecule has 1 amide bonds. The van der Waals surface area contributed by atoms with Crippen molar-refractivity contribution in [2.24, 2.45) is 0 Å². The van der Waals surface area contributed by atoms with E-state index in [0.29, 0.717) is 6.04 Å². The number of hydrogen-bond donors (Lipinski definition) is 0. The van der Waals surface area contributed by atoms with Crippen molar-refractivity contribution >= 4 is 22.6 Å². The summed E-state index contributed by atoms with van der Waals surface area (Å²) in [5.74, 6) is 2.04. The Morgan fingerprint density at radius 3 is 2.46 bits per heavy atom. The molecule has 35 heavy (non-hydrogen) atoms. The molecule has 180 valence electrons. The number of imidazole rings is 1. The molecule has 6 heteroatoms. The van der Waals surface area contributed by atoms with Gasteiger partial charge in [0.15, 0.2) is 0 Å². The van der Waals surface area contributed by atoms with Gasteiger partial charge < -0.3 is 19.1 Å². The lowest BCUT2D eigenvalue weighted by molar-refractivity contribution is 0.0695. The molecule has 4 aromatic rings. The molecule has 0 unspecified atom stereocenters. The van der Waals surface area contributed by atoms with Crippen LogP contribution >= 0.6 is 0 Å². The van der Waals surface area contributed by atoms with E-state index in [1.807, 2.05) is 66.4 Å². The van der Waals surface area contributed by atoms with Gasteiger partial charge in [0, 0.05) is 50.9 Å². The molecule has 1 aliphatic heterocycles. The van der Waals surface area contributed by atoms with Crippen molar-refractivity contribution in [3.05, 3.63) is 89.7 Å². The zero-order valence-electron chi connectivity index (χ0n) is 20.6. The second-order valence-electron chi connectivity index (χ2n) is 9.38. The Balaban J connectivity index is 1.36. The van der Waals surface area contributed by atoms with E-state index >= 15 is 0 Å².